The zero-order valence-electron chi connectivity index (χ0n) is 12.1. The molecule has 0 aliphatic rings. The van der Waals surface area contributed by atoms with E-state index in [2.05, 4.69) is 18.1 Å². The molecule has 2 N–H and O–H groups in total. The van der Waals surface area contributed by atoms with Crippen molar-refractivity contribution in [2.45, 2.75) is 26.3 Å². The fourth-order valence-corrected chi connectivity index (χ4v) is 2.87. The molecular weight excluding hydrogens is 263 g/mol. The fourth-order valence-electron chi connectivity index (χ4n) is 2.02. The van der Waals surface area contributed by atoms with Crippen LogP contribution in [0.2, 0.25) is 0 Å². The Labute approximate surface area is 119 Å². The highest BCUT2D eigenvalue weighted by molar-refractivity contribution is 7.98. The van der Waals surface area contributed by atoms with E-state index in [1.165, 1.54) is 6.07 Å². The molecule has 0 radical (unpaired) electrons. The molecule has 1 aromatic carbocycles. The van der Waals surface area contributed by atoms with Gasteiger partial charge in [0.05, 0.1) is 18.0 Å². The van der Waals surface area contributed by atoms with E-state index in [0.29, 0.717) is 18.3 Å². The van der Waals surface area contributed by atoms with Gasteiger partial charge in [-0.1, -0.05) is 6.92 Å². The summed E-state index contributed by atoms with van der Waals surface area (Å²) in [5, 5.41) is 0. The maximum atomic E-state index is 13.7. The number of nitrogens with two attached hydrogens (primary N) is 1. The molecule has 1 aromatic rings. The Kier molecular flexibility index (Phi) is 6.28. The van der Waals surface area contributed by atoms with Crippen molar-refractivity contribution in [1.29, 1.82) is 0 Å². The van der Waals surface area contributed by atoms with Crippen molar-refractivity contribution in [3.63, 3.8) is 0 Å². The van der Waals surface area contributed by atoms with Crippen LogP contribution in [0.1, 0.15) is 20.3 Å². The minimum absolute atomic E-state index is 0.262. The normalized spacial score (nSPS) is 12.3. The lowest BCUT2D eigenvalue weighted by molar-refractivity contribution is 0.321. The smallest absolute Gasteiger partial charge is 0.167 e. The average molecular weight is 286 g/mol. The quantitative estimate of drug-likeness (QED) is 0.780. The Morgan fingerprint density at radius 2 is 2.11 bits per heavy atom. The third kappa shape index (κ3) is 3.93. The lowest BCUT2D eigenvalue weighted by Crippen LogP contribution is -2.33. The third-order valence-corrected chi connectivity index (χ3v) is 3.86. The number of nitrogen functional groups attached to an aromatic ring is 1. The molecule has 0 bridgehead atoms. The minimum atomic E-state index is -0.408. The summed E-state index contributed by atoms with van der Waals surface area (Å²) in [5.41, 5.74) is 7.20. The zero-order valence-corrected chi connectivity index (χ0v) is 12.9. The molecule has 0 amide bonds. The van der Waals surface area contributed by atoms with Gasteiger partial charge in [0.15, 0.2) is 11.6 Å². The van der Waals surface area contributed by atoms with Crippen LogP contribution in [0.5, 0.6) is 5.75 Å². The predicted octanol–water partition coefficient (Wildman–Crippen LogP) is 3.38. The molecule has 0 saturated heterocycles. The van der Waals surface area contributed by atoms with Crippen LogP contribution in [-0.2, 0) is 0 Å². The van der Waals surface area contributed by atoms with Crippen LogP contribution >= 0.6 is 11.8 Å². The first-order valence-electron chi connectivity index (χ1n) is 6.48. The predicted molar refractivity (Wildman–Crippen MR) is 82.8 cm³/mol. The number of thioether (sulfide) groups is 1. The summed E-state index contributed by atoms with van der Waals surface area (Å²) in [7, 11) is 1.99. The molecule has 0 aliphatic carbocycles. The van der Waals surface area contributed by atoms with E-state index < -0.39 is 5.82 Å². The third-order valence-electron chi connectivity index (χ3n) is 3.14. The van der Waals surface area contributed by atoms with E-state index in [4.69, 9.17) is 10.5 Å². The van der Waals surface area contributed by atoms with Crippen molar-refractivity contribution in [1.82, 2.24) is 0 Å². The van der Waals surface area contributed by atoms with Gasteiger partial charge in [0.25, 0.3) is 0 Å². The van der Waals surface area contributed by atoms with Crippen LogP contribution in [0.25, 0.3) is 0 Å². The summed E-state index contributed by atoms with van der Waals surface area (Å²) < 4.78 is 19.0. The van der Waals surface area contributed by atoms with Crippen molar-refractivity contribution in [2.24, 2.45) is 0 Å². The van der Waals surface area contributed by atoms with Crippen LogP contribution in [0, 0.1) is 5.82 Å². The van der Waals surface area contributed by atoms with E-state index >= 15 is 0 Å². The molecule has 0 saturated carbocycles. The fraction of sp³-hybridized carbons (Fsp3) is 0.571. The number of hydrogen-bond donors (Lipinski definition) is 1. The molecule has 1 unspecified atom stereocenters. The Morgan fingerprint density at radius 1 is 1.42 bits per heavy atom. The van der Waals surface area contributed by atoms with Crippen LogP contribution in [-0.4, -0.2) is 31.7 Å². The van der Waals surface area contributed by atoms with E-state index in [-0.39, 0.29) is 5.75 Å². The largest absolute Gasteiger partial charge is 0.491 e. The lowest BCUT2D eigenvalue weighted by Gasteiger charge is -2.30. The zero-order chi connectivity index (χ0) is 14.4. The SMILES string of the molecule is CCOc1cc(N(C)C(CC)CSC)c(N)cc1F. The van der Waals surface area contributed by atoms with Gasteiger partial charge in [-0.15, -0.1) is 0 Å². The number of nitrogens with zero attached hydrogens (tertiary/aromatic N) is 1. The number of halogens is 1. The summed E-state index contributed by atoms with van der Waals surface area (Å²) >= 11 is 1.79. The average Bonchev–Trinajstić information content (AvgIpc) is 2.38. The van der Waals surface area contributed by atoms with Gasteiger partial charge < -0.3 is 15.4 Å². The molecule has 1 rings (SSSR count). The van der Waals surface area contributed by atoms with Gasteiger partial charge in [-0.3, -0.25) is 0 Å². The standard InChI is InChI=1S/C14H23FN2OS/c1-5-10(9-19-4)17(3)13-8-14(18-6-2)11(15)7-12(13)16/h7-8,10H,5-6,9,16H2,1-4H3. The molecule has 0 aliphatic heterocycles. The summed E-state index contributed by atoms with van der Waals surface area (Å²) in [5.74, 6) is 0.861. The molecule has 108 valence electrons. The second-order valence-electron chi connectivity index (χ2n) is 4.40. The Hall–Kier alpha value is -1.10. The van der Waals surface area contributed by atoms with Crippen molar-refractivity contribution >= 4 is 23.1 Å². The van der Waals surface area contributed by atoms with Gasteiger partial charge in [0.2, 0.25) is 0 Å². The summed E-state index contributed by atoms with van der Waals surface area (Å²) in [4.78, 5) is 2.10. The van der Waals surface area contributed by atoms with E-state index in [1.54, 1.807) is 17.8 Å². The van der Waals surface area contributed by atoms with E-state index in [9.17, 15) is 4.39 Å². The maximum Gasteiger partial charge on any atom is 0.167 e. The second-order valence-corrected chi connectivity index (χ2v) is 5.31. The van der Waals surface area contributed by atoms with Crippen molar-refractivity contribution in [3.05, 3.63) is 17.9 Å². The first-order valence-corrected chi connectivity index (χ1v) is 7.88. The van der Waals surface area contributed by atoms with Crippen LogP contribution < -0.4 is 15.4 Å². The molecule has 0 heterocycles. The van der Waals surface area contributed by atoms with E-state index in [1.807, 2.05) is 14.0 Å². The molecule has 0 fully saturated rings. The van der Waals surface area contributed by atoms with Gasteiger partial charge in [0.1, 0.15) is 0 Å². The van der Waals surface area contributed by atoms with Gasteiger partial charge in [-0.2, -0.15) is 11.8 Å². The van der Waals surface area contributed by atoms with Crippen molar-refractivity contribution in [2.75, 3.05) is 36.3 Å². The first-order chi connectivity index (χ1) is 9.04. The second kappa shape index (κ2) is 7.48. The van der Waals surface area contributed by atoms with Crippen LogP contribution in [0.3, 0.4) is 0 Å². The number of hydrogen-bond acceptors (Lipinski definition) is 4. The van der Waals surface area contributed by atoms with E-state index in [0.717, 1.165) is 17.9 Å². The number of ether oxygens (including phenoxy) is 1. The molecule has 5 heteroatoms. The number of benzene rings is 1. The maximum absolute atomic E-state index is 13.7. The van der Waals surface area contributed by atoms with Crippen molar-refractivity contribution < 1.29 is 9.13 Å². The van der Waals surface area contributed by atoms with Gasteiger partial charge >= 0.3 is 0 Å². The number of rotatable bonds is 7. The molecule has 0 spiro atoms. The Balaban J connectivity index is 3.07. The highest BCUT2D eigenvalue weighted by atomic mass is 32.2. The molecule has 0 aromatic heterocycles. The van der Waals surface area contributed by atoms with Crippen LogP contribution in [0.15, 0.2) is 12.1 Å². The Bertz CT molecular complexity index is 415. The Morgan fingerprint density at radius 3 is 2.63 bits per heavy atom. The van der Waals surface area contributed by atoms with Gasteiger partial charge in [-0.05, 0) is 19.6 Å². The van der Waals surface area contributed by atoms with Gasteiger partial charge in [0, 0.05) is 31.0 Å². The topological polar surface area (TPSA) is 38.5 Å². The van der Waals surface area contributed by atoms with Crippen molar-refractivity contribution in [3.8, 4) is 5.75 Å². The summed E-state index contributed by atoms with van der Waals surface area (Å²) in [6.07, 6.45) is 3.09. The highest BCUT2D eigenvalue weighted by Gasteiger charge is 2.17. The molecule has 3 nitrogen and oxygen atoms in total. The first kappa shape index (κ1) is 16.0. The van der Waals surface area contributed by atoms with Gasteiger partial charge in [-0.25, -0.2) is 4.39 Å². The molecular formula is C14H23FN2OS. The summed E-state index contributed by atoms with van der Waals surface area (Å²) in [6, 6.07) is 3.40. The van der Waals surface area contributed by atoms with Crippen LogP contribution in [0.4, 0.5) is 15.8 Å². The highest BCUT2D eigenvalue weighted by Crippen LogP contribution is 2.32. The monoisotopic (exact) mass is 286 g/mol. The summed E-state index contributed by atoms with van der Waals surface area (Å²) in [6.45, 7) is 4.41. The molecule has 19 heavy (non-hydrogen) atoms. The number of anilines is 2. The lowest BCUT2D eigenvalue weighted by atomic mass is 10.1. The molecule has 1 atom stereocenters. The minimum Gasteiger partial charge on any atom is -0.491 e.